The van der Waals surface area contributed by atoms with E-state index in [1.165, 1.54) is 0 Å². The van der Waals surface area contributed by atoms with Crippen LogP contribution in [0.15, 0.2) is 42.5 Å². The Kier molecular flexibility index (Phi) is 5.79. The molecule has 1 fully saturated rings. The highest BCUT2D eigenvalue weighted by molar-refractivity contribution is 5.94. The molecule has 0 spiro atoms. The van der Waals surface area contributed by atoms with Gasteiger partial charge in [0.25, 0.3) is 5.91 Å². The summed E-state index contributed by atoms with van der Waals surface area (Å²) in [7, 11) is 0. The zero-order chi connectivity index (χ0) is 19.4. The van der Waals surface area contributed by atoms with Crippen LogP contribution >= 0.6 is 0 Å². The number of carbonyl (C=O) groups is 2. The molecular weight excluding hydrogens is 340 g/mol. The third kappa shape index (κ3) is 5.33. The molecule has 1 aliphatic carbocycles. The molecule has 5 nitrogen and oxygen atoms in total. The summed E-state index contributed by atoms with van der Waals surface area (Å²) in [6.45, 7) is 5.97. The first-order valence-electron chi connectivity index (χ1n) is 9.32. The highest BCUT2D eigenvalue weighted by Crippen LogP contribution is 2.30. The Bertz CT molecular complexity index is 843. The second-order valence-electron chi connectivity index (χ2n) is 7.23. The summed E-state index contributed by atoms with van der Waals surface area (Å²) in [5.41, 5.74) is 4.10. The lowest BCUT2D eigenvalue weighted by molar-refractivity contribution is -0.123. The summed E-state index contributed by atoms with van der Waals surface area (Å²) in [5.74, 6) is 0.563. The molecule has 0 aliphatic heterocycles. The predicted molar refractivity (Wildman–Crippen MR) is 106 cm³/mol. The monoisotopic (exact) mass is 366 g/mol. The standard InChI is InChI=1S/C22H26N2O3/c1-14-7-8-15(2)20(11-14)16(3)23-21(25)13-27-19-6-4-5-18(12-19)24-22(26)17-9-10-17/h4-8,11-12,16-17H,9-10,13H2,1-3H3,(H,23,25)(H,24,26)/t16-/m0/s1. The van der Waals surface area contributed by atoms with Gasteiger partial charge in [0.1, 0.15) is 5.75 Å². The van der Waals surface area contributed by atoms with Crippen LogP contribution in [0.4, 0.5) is 5.69 Å². The second kappa shape index (κ2) is 8.25. The summed E-state index contributed by atoms with van der Waals surface area (Å²) in [5, 5.41) is 5.85. The summed E-state index contributed by atoms with van der Waals surface area (Å²) in [6, 6.07) is 13.2. The van der Waals surface area contributed by atoms with Gasteiger partial charge >= 0.3 is 0 Å². The summed E-state index contributed by atoms with van der Waals surface area (Å²) < 4.78 is 5.59. The van der Waals surface area contributed by atoms with Crippen LogP contribution in [0.3, 0.4) is 0 Å². The fraction of sp³-hybridized carbons (Fsp3) is 0.364. The molecule has 0 bridgehead atoms. The van der Waals surface area contributed by atoms with E-state index in [1.54, 1.807) is 18.2 Å². The maximum Gasteiger partial charge on any atom is 0.258 e. The maximum absolute atomic E-state index is 12.3. The van der Waals surface area contributed by atoms with E-state index in [2.05, 4.69) is 28.8 Å². The van der Waals surface area contributed by atoms with E-state index in [4.69, 9.17) is 4.74 Å². The van der Waals surface area contributed by atoms with Gasteiger partial charge in [0, 0.05) is 17.7 Å². The largest absolute Gasteiger partial charge is 0.484 e. The summed E-state index contributed by atoms with van der Waals surface area (Å²) in [4.78, 5) is 24.1. The van der Waals surface area contributed by atoms with Crippen molar-refractivity contribution in [1.29, 1.82) is 0 Å². The fourth-order valence-electron chi connectivity index (χ4n) is 2.99. The van der Waals surface area contributed by atoms with Gasteiger partial charge in [-0.25, -0.2) is 0 Å². The Morgan fingerprint density at radius 2 is 1.93 bits per heavy atom. The van der Waals surface area contributed by atoms with Crippen molar-refractivity contribution in [2.24, 2.45) is 5.92 Å². The number of aryl methyl sites for hydroxylation is 2. The minimum absolute atomic E-state index is 0.0484. The first-order chi connectivity index (χ1) is 12.9. The molecule has 27 heavy (non-hydrogen) atoms. The number of hydrogen-bond acceptors (Lipinski definition) is 3. The van der Waals surface area contributed by atoms with E-state index in [0.29, 0.717) is 11.4 Å². The van der Waals surface area contributed by atoms with Crippen LogP contribution in [0.5, 0.6) is 5.75 Å². The third-order valence-corrected chi connectivity index (χ3v) is 4.70. The summed E-state index contributed by atoms with van der Waals surface area (Å²) in [6.07, 6.45) is 1.92. The third-order valence-electron chi connectivity index (χ3n) is 4.70. The van der Waals surface area contributed by atoms with Gasteiger partial charge in [0.15, 0.2) is 6.61 Å². The number of ether oxygens (including phenoxy) is 1. The number of rotatable bonds is 7. The van der Waals surface area contributed by atoms with Crippen LogP contribution < -0.4 is 15.4 Å². The topological polar surface area (TPSA) is 67.4 Å². The van der Waals surface area contributed by atoms with Crippen molar-refractivity contribution in [1.82, 2.24) is 5.32 Å². The Hall–Kier alpha value is -2.82. The molecule has 2 aromatic rings. The number of anilines is 1. The molecule has 2 aromatic carbocycles. The van der Waals surface area contributed by atoms with Crippen LogP contribution in [0, 0.1) is 19.8 Å². The molecule has 1 atom stereocenters. The molecule has 5 heteroatoms. The Morgan fingerprint density at radius 1 is 1.15 bits per heavy atom. The van der Waals surface area contributed by atoms with Gasteiger partial charge in [0.2, 0.25) is 5.91 Å². The Morgan fingerprint density at radius 3 is 2.67 bits per heavy atom. The van der Waals surface area contributed by atoms with Crippen molar-refractivity contribution in [3.8, 4) is 5.75 Å². The van der Waals surface area contributed by atoms with Crippen molar-refractivity contribution in [3.05, 3.63) is 59.2 Å². The average Bonchev–Trinajstić information content (AvgIpc) is 3.47. The van der Waals surface area contributed by atoms with Crippen molar-refractivity contribution in [2.75, 3.05) is 11.9 Å². The minimum atomic E-state index is -0.184. The minimum Gasteiger partial charge on any atom is -0.484 e. The van der Waals surface area contributed by atoms with Crippen molar-refractivity contribution in [2.45, 2.75) is 39.7 Å². The lowest BCUT2D eigenvalue weighted by atomic mass is 10.00. The van der Waals surface area contributed by atoms with E-state index in [0.717, 1.165) is 29.5 Å². The first-order valence-corrected chi connectivity index (χ1v) is 9.32. The molecule has 0 saturated heterocycles. The van der Waals surface area contributed by atoms with Crippen molar-refractivity contribution >= 4 is 17.5 Å². The van der Waals surface area contributed by atoms with Gasteiger partial charge in [-0.1, -0.05) is 29.8 Å². The number of carbonyl (C=O) groups excluding carboxylic acids is 2. The molecule has 0 unspecified atom stereocenters. The molecule has 0 radical (unpaired) electrons. The van der Waals surface area contributed by atoms with Gasteiger partial charge in [0.05, 0.1) is 6.04 Å². The molecule has 3 rings (SSSR count). The molecule has 1 saturated carbocycles. The Balaban J connectivity index is 1.52. The second-order valence-corrected chi connectivity index (χ2v) is 7.23. The number of nitrogens with one attached hydrogen (secondary N) is 2. The van der Waals surface area contributed by atoms with Crippen LogP contribution in [0.1, 0.15) is 42.5 Å². The zero-order valence-corrected chi connectivity index (χ0v) is 16.0. The van der Waals surface area contributed by atoms with E-state index in [-0.39, 0.29) is 30.4 Å². The van der Waals surface area contributed by atoms with Crippen LogP contribution in [0.2, 0.25) is 0 Å². The van der Waals surface area contributed by atoms with Gasteiger partial charge in [-0.05, 0) is 56.9 Å². The van der Waals surface area contributed by atoms with E-state index in [9.17, 15) is 9.59 Å². The zero-order valence-electron chi connectivity index (χ0n) is 16.0. The van der Waals surface area contributed by atoms with Gasteiger partial charge < -0.3 is 15.4 Å². The van der Waals surface area contributed by atoms with E-state index < -0.39 is 0 Å². The number of amides is 2. The van der Waals surface area contributed by atoms with Crippen molar-refractivity contribution in [3.63, 3.8) is 0 Å². The fourth-order valence-corrected chi connectivity index (χ4v) is 2.99. The van der Waals surface area contributed by atoms with Gasteiger partial charge in [-0.3, -0.25) is 9.59 Å². The van der Waals surface area contributed by atoms with Crippen LogP contribution in [-0.2, 0) is 9.59 Å². The summed E-state index contributed by atoms with van der Waals surface area (Å²) >= 11 is 0. The smallest absolute Gasteiger partial charge is 0.258 e. The highest BCUT2D eigenvalue weighted by Gasteiger charge is 2.29. The van der Waals surface area contributed by atoms with E-state index >= 15 is 0 Å². The SMILES string of the molecule is Cc1ccc(C)c([C@H](C)NC(=O)COc2cccc(NC(=O)C3CC3)c2)c1. The molecule has 142 valence electrons. The average molecular weight is 366 g/mol. The quantitative estimate of drug-likeness (QED) is 0.781. The number of benzene rings is 2. The first kappa shape index (κ1) is 19.0. The lowest BCUT2D eigenvalue weighted by Gasteiger charge is -2.17. The van der Waals surface area contributed by atoms with Crippen molar-refractivity contribution < 1.29 is 14.3 Å². The van der Waals surface area contributed by atoms with Gasteiger partial charge in [-0.2, -0.15) is 0 Å². The van der Waals surface area contributed by atoms with E-state index in [1.807, 2.05) is 26.8 Å². The lowest BCUT2D eigenvalue weighted by Crippen LogP contribution is -2.31. The Labute approximate surface area is 160 Å². The maximum atomic E-state index is 12.3. The molecule has 2 amide bonds. The highest BCUT2D eigenvalue weighted by atomic mass is 16.5. The molecule has 1 aliphatic rings. The predicted octanol–water partition coefficient (Wildman–Crippen LogP) is 3.91. The molecule has 2 N–H and O–H groups in total. The molecule has 0 aromatic heterocycles. The number of hydrogen-bond donors (Lipinski definition) is 2. The molecular formula is C22H26N2O3. The normalized spacial score (nSPS) is 14.3. The van der Waals surface area contributed by atoms with Gasteiger partial charge in [-0.15, -0.1) is 0 Å². The van der Waals surface area contributed by atoms with Crippen LogP contribution in [0.25, 0.3) is 0 Å². The van der Waals surface area contributed by atoms with Crippen LogP contribution in [-0.4, -0.2) is 18.4 Å². The molecule has 0 heterocycles.